The van der Waals surface area contributed by atoms with Crippen LogP contribution in [0.4, 0.5) is 4.79 Å². The first-order valence-electron chi connectivity index (χ1n) is 14.4. The summed E-state index contributed by atoms with van der Waals surface area (Å²) < 4.78 is 23.3. The smallest absolute Gasteiger partial charge is 0.409 e. The zero-order chi connectivity index (χ0) is 30.2. The van der Waals surface area contributed by atoms with E-state index < -0.39 is 0 Å². The first-order valence-corrected chi connectivity index (χ1v) is 14.4. The number of H-pyrrole nitrogens is 1. The van der Waals surface area contributed by atoms with Gasteiger partial charge in [0, 0.05) is 48.5 Å². The molecule has 3 heterocycles. The van der Waals surface area contributed by atoms with E-state index in [0.29, 0.717) is 61.4 Å². The van der Waals surface area contributed by atoms with Gasteiger partial charge in [0.15, 0.2) is 0 Å². The Balaban J connectivity index is 1.43. The lowest BCUT2D eigenvalue weighted by atomic mass is 9.90. The van der Waals surface area contributed by atoms with Gasteiger partial charge in [0.05, 0.1) is 44.6 Å². The second-order valence-electron chi connectivity index (χ2n) is 10.6. The van der Waals surface area contributed by atoms with Gasteiger partial charge < -0.3 is 38.7 Å². The van der Waals surface area contributed by atoms with Gasteiger partial charge in [-0.25, -0.2) is 4.79 Å². The highest BCUT2D eigenvalue weighted by atomic mass is 16.6. The van der Waals surface area contributed by atoms with Crippen molar-refractivity contribution in [1.29, 1.82) is 0 Å². The van der Waals surface area contributed by atoms with Crippen molar-refractivity contribution >= 4 is 22.9 Å². The van der Waals surface area contributed by atoms with Crippen molar-refractivity contribution in [3.63, 3.8) is 0 Å². The van der Waals surface area contributed by atoms with E-state index in [9.17, 15) is 14.4 Å². The number of nitrogens with zero attached hydrogens (tertiary/aromatic N) is 2. The number of para-hydroxylation sites is 1. The predicted molar refractivity (Wildman–Crippen MR) is 159 cm³/mol. The van der Waals surface area contributed by atoms with E-state index in [0.717, 1.165) is 29.4 Å². The van der Waals surface area contributed by atoms with Crippen molar-refractivity contribution in [2.24, 2.45) is 5.92 Å². The molecule has 4 rings (SSSR count). The Morgan fingerprint density at radius 1 is 1.07 bits per heavy atom. The summed E-state index contributed by atoms with van der Waals surface area (Å²) in [5.74, 6) is 0.502. The maximum absolute atomic E-state index is 13.6. The predicted octanol–water partition coefficient (Wildman–Crippen LogP) is 3.96. The molecule has 0 spiro atoms. The summed E-state index contributed by atoms with van der Waals surface area (Å²) in [5.41, 5.74) is 3.20. The minimum Gasteiger partial charge on any atom is -0.496 e. The van der Waals surface area contributed by atoms with Crippen LogP contribution in [0.25, 0.3) is 10.9 Å². The van der Waals surface area contributed by atoms with E-state index in [2.05, 4.69) is 21.8 Å². The van der Waals surface area contributed by atoms with Gasteiger partial charge >= 0.3 is 6.09 Å². The molecule has 3 aromatic rings. The second kappa shape index (κ2) is 14.4. The molecule has 0 radical (unpaired) electrons. The Labute approximate surface area is 246 Å². The lowest BCUT2D eigenvalue weighted by molar-refractivity contribution is 0.0290. The van der Waals surface area contributed by atoms with Crippen LogP contribution in [0.3, 0.4) is 0 Å². The maximum Gasteiger partial charge on any atom is 0.409 e. The Morgan fingerprint density at radius 3 is 2.50 bits per heavy atom. The summed E-state index contributed by atoms with van der Waals surface area (Å²) in [6, 6.07) is 9.73. The average Bonchev–Trinajstić information content (AvgIpc) is 3.29. The molecule has 2 N–H and O–H groups in total. The number of aromatic nitrogens is 2. The summed E-state index contributed by atoms with van der Waals surface area (Å²) in [6.45, 7) is 8.70. The molecule has 2 aromatic heterocycles. The summed E-state index contributed by atoms with van der Waals surface area (Å²) >= 11 is 0. The average molecular weight is 583 g/mol. The highest BCUT2D eigenvalue weighted by Gasteiger charge is 2.31. The molecule has 42 heavy (non-hydrogen) atoms. The summed E-state index contributed by atoms with van der Waals surface area (Å²) in [7, 11) is 3.12. The van der Waals surface area contributed by atoms with Gasteiger partial charge in [0.2, 0.25) is 0 Å². The second-order valence-corrected chi connectivity index (χ2v) is 10.6. The third-order valence-electron chi connectivity index (χ3n) is 8.03. The van der Waals surface area contributed by atoms with Crippen LogP contribution >= 0.6 is 0 Å². The van der Waals surface area contributed by atoms with Crippen molar-refractivity contribution in [2.75, 3.05) is 53.7 Å². The topological polar surface area (TPSA) is 124 Å². The third kappa shape index (κ3) is 6.96. The standard InChI is InChI=1S/C31H42N4O7/c1-20-18-27(40-5)25(29(36)33-20)19-32-30(37)28-22(3)35(26-9-7-6-8-24(26)28)21(2)23-10-12-34(13-11-23)31(38)42-17-16-41-15-14-39-4/h6-9,18,21,23H,10-17,19H2,1-5H3,(H,32,37)(H,33,36). The molecule has 0 saturated carbocycles. The Bertz CT molecular complexity index is 1440. The van der Waals surface area contributed by atoms with E-state index >= 15 is 0 Å². The van der Waals surface area contributed by atoms with Crippen LogP contribution in [0.15, 0.2) is 35.1 Å². The Hall–Kier alpha value is -3.83. The minimum atomic E-state index is -0.318. The van der Waals surface area contributed by atoms with Crippen molar-refractivity contribution in [3.05, 3.63) is 63.2 Å². The van der Waals surface area contributed by atoms with Crippen molar-refractivity contribution < 1.29 is 28.5 Å². The number of hydrogen-bond donors (Lipinski definition) is 2. The van der Waals surface area contributed by atoms with E-state index in [1.807, 2.05) is 31.2 Å². The van der Waals surface area contributed by atoms with Crippen LogP contribution in [0.5, 0.6) is 5.75 Å². The molecule has 0 bridgehead atoms. The fourth-order valence-corrected chi connectivity index (χ4v) is 5.79. The maximum atomic E-state index is 13.6. The van der Waals surface area contributed by atoms with Gasteiger partial charge in [-0.1, -0.05) is 18.2 Å². The molecule has 228 valence electrons. The van der Waals surface area contributed by atoms with Crippen molar-refractivity contribution in [3.8, 4) is 5.75 Å². The molecule has 11 heteroatoms. The molecule has 0 aliphatic carbocycles. The number of pyridine rings is 1. The molecular formula is C31H42N4O7. The third-order valence-corrected chi connectivity index (χ3v) is 8.03. The van der Waals surface area contributed by atoms with Crippen LogP contribution in [0.2, 0.25) is 0 Å². The van der Waals surface area contributed by atoms with Crippen molar-refractivity contribution in [2.45, 2.75) is 46.2 Å². The number of ether oxygens (including phenoxy) is 4. The number of rotatable bonds is 12. The van der Waals surface area contributed by atoms with Gasteiger partial charge in [0.25, 0.3) is 11.5 Å². The van der Waals surface area contributed by atoms with E-state index in [4.69, 9.17) is 18.9 Å². The lowest BCUT2D eigenvalue weighted by Gasteiger charge is -2.35. The fraction of sp³-hybridized carbons (Fsp3) is 0.516. The number of aryl methyl sites for hydroxylation is 1. The van der Waals surface area contributed by atoms with Crippen LogP contribution in [0.1, 0.15) is 53.1 Å². The van der Waals surface area contributed by atoms with Gasteiger partial charge in [0.1, 0.15) is 12.4 Å². The number of hydrogen-bond acceptors (Lipinski definition) is 7. The van der Waals surface area contributed by atoms with E-state index in [-0.39, 0.29) is 36.8 Å². The molecule has 2 amide bonds. The van der Waals surface area contributed by atoms with Crippen molar-refractivity contribution in [1.82, 2.24) is 19.8 Å². The van der Waals surface area contributed by atoms with Crippen LogP contribution in [0, 0.1) is 19.8 Å². The normalized spacial score (nSPS) is 14.6. The van der Waals surface area contributed by atoms with Crippen LogP contribution in [-0.4, -0.2) is 80.2 Å². The first-order chi connectivity index (χ1) is 20.3. The monoisotopic (exact) mass is 582 g/mol. The number of carbonyl (C=O) groups is 2. The summed E-state index contributed by atoms with van der Waals surface area (Å²) in [4.78, 5) is 43.2. The van der Waals surface area contributed by atoms with Gasteiger partial charge in [-0.3, -0.25) is 9.59 Å². The Morgan fingerprint density at radius 2 is 1.79 bits per heavy atom. The minimum absolute atomic E-state index is 0.0416. The number of methoxy groups -OCH3 is 2. The van der Waals surface area contributed by atoms with Crippen LogP contribution in [-0.2, 0) is 20.8 Å². The quantitative estimate of drug-likeness (QED) is 0.310. The fourth-order valence-electron chi connectivity index (χ4n) is 5.79. The molecule has 11 nitrogen and oxygen atoms in total. The number of amides is 2. The molecule has 1 aliphatic rings. The summed E-state index contributed by atoms with van der Waals surface area (Å²) in [5, 5.41) is 3.80. The number of fused-ring (bicyclic) bond motifs is 1. The molecule has 1 aliphatic heterocycles. The highest BCUT2D eigenvalue weighted by molar-refractivity contribution is 6.08. The van der Waals surface area contributed by atoms with E-state index in [1.165, 1.54) is 7.11 Å². The molecular weight excluding hydrogens is 540 g/mol. The van der Waals surface area contributed by atoms with Gasteiger partial charge in [-0.2, -0.15) is 0 Å². The molecule has 1 unspecified atom stereocenters. The number of carbonyl (C=O) groups excluding carboxylic acids is 2. The zero-order valence-electron chi connectivity index (χ0n) is 25.2. The Kier molecular flexibility index (Phi) is 10.6. The number of nitrogens with one attached hydrogen (secondary N) is 2. The number of benzene rings is 1. The van der Waals surface area contributed by atoms with Gasteiger partial charge in [-0.15, -0.1) is 0 Å². The number of aromatic amines is 1. The van der Waals surface area contributed by atoms with Gasteiger partial charge in [-0.05, 0) is 51.7 Å². The number of piperidine rings is 1. The lowest BCUT2D eigenvalue weighted by Crippen LogP contribution is -2.40. The molecule has 1 saturated heterocycles. The SMILES string of the molecule is COCCOCCOC(=O)N1CCC(C(C)n2c(C)c(C(=O)NCc3c(OC)cc(C)[nH]c3=O)c3ccccc32)CC1. The first kappa shape index (κ1) is 31.1. The largest absolute Gasteiger partial charge is 0.496 e. The zero-order valence-corrected chi connectivity index (χ0v) is 25.2. The molecule has 1 fully saturated rings. The summed E-state index contributed by atoms with van der Waals surface area (Å²) in [6.07, 6.45) is 1.33. The van der Waals surface area contributed by atoms with Crippen LogP contribution < -0.4 is 15.6 Å². The highest BCUT2D eigenvalue weighted by Crippen LogP contribution is 2.36. The number of likely N-dealkylation sites (tertiary alicyclic amines) is 1. The molecule has 1 atom stereocenters. The van der Waals surface area contributed by atoms with E-state index in [1.54, 1.807) is 25.0 Å². The molecule has 1 aromatic carbocycles.